The number of carbonyl (C=O) groups excluding carboxylic acids is 1. The molecule has 0 unspecified atom stereocenters. The minimum Gasteiger partial charge on any atom is -0.481 e. The Morgan fingerprint density at radius 1 is 1.40 bits per heavy atom. The summed E-state index contributed by atoms with van der Waals surface area (Å²) in [5.41, 5.74) is 0. The minimum atomic E-state index is -0.816. The van der Waals surface area contributed by atoms with Crippen molar-refractivity contribution in [1.29, 1.82) is 0 Å². The van der Waals surface area contributed by atoms with Crippen LogP contribution in [0.15, 0.2) is 0 Å². The molecule has 5 heteroatoms. The topological polar surface area (TPSA) is 60.9 Å². The fraction of sp³-hybridized carbons (Fsp3) is 0.800. The second-order valence-electron chi connectivity index (χ2n) is 4.10. The molecule has 1 amide bonds. The van der Waals surface area contributed by atoms with Gasteiger partial charge in [-0.2, -0.15) is 0 Å². The minimum absolute atomic E-state index is 0.0194. The number of amides is 1. The molecule has 1 fully saturated rings. The summed E-state index contributed by atoms with van der Waals surface area (Å²) in [7, 11) is 1.90. The average Bonchev–Trinajstić information content (AvgIpc) is 2.11. The van der Waals surface area contributed by atoms with Crippen molar-refractivity contribution in [2.45, 2.75) is 32.4 Å². The zero-order chi connectivity index (χ0) is 11.6. The van der Waals surface area contributed by atoms with Gasteiger partial charge in [-0.3, -0.25) is 14.5 Å². The van der Waals surface area contributed by atoms with Crippen molar-refractivity contribution in [3.05, 3.63) is 0 Å². The highest BCUT2D eigenvalue weighted by atomic mass is 16.4. The van der Waals surface area contributed by atoms with Crippen LogP contribution in [-0.4, -0.2) is 59.0 Å². The highest BCUT2D eigenvalue weighted by Gasteiger charge is 2.34. The molecule has 0 aromatic rings. The van der Waals surface area contributed by atoms with Crippen LogP contribution in [0.3, 0.4) is 0 Å². The highest BCUT2D eigenvalue weighted by Crippen LogP contribution is 2.18. The predicted molar refractivity (Wildman–Crippen MR) is 55.5 cm³/mol. The van der Waals surface area contributed by atoms with Gasteiger partial charge in [-0.25, -0.2) is 0 Å². The van der Waals surface area contributed by atoms with Crippen LogP contribution < -0.4 is 0 Å². The maximum absolute atomic E-state index is 11.3. The van der Waals surface area contributed by atoms with Gasteiger partial charge >= 0.3 is 5.97 Å². The number of carboxylic acid groups (broad SMARTS) is 1. The first kappa shape index (κ1) is 12.0. The lowest BCUT2D eigenvalue weighted by Crippen LogP contribution is -2.58. The summed E-state index contributed by atoms with van der Waals surface area (Å²) in [4.78, 5) is 25.8. The number of hydrogen-bond donors (Lipinski definition) is 1. The standard InChI is InChI=1S/C10H18N2O3/c1-7-9(6-10(14)15)11(3)4-5-12(7)8(2)13/h7,9H,4-6H2,1-3H3,(H,14,15)/t7-,9-/m1/s1. The normalized spacial score (nSPS) is 27.8. The van der Waals surface area contributed by atoms with Crippen LogP contribution in [0.4, 0.5) is 0 Å². The molecule has 5 nitrogen and oxygen atoms in total. The molecule has 1 saturated heterocycles. The molecule has 0 aromatic heterocycles. The maximum Gasteiger partial charge on any atom is 0.305 e. The van der Waals surface area contributed by atoms with E-state index in [1.54, 1.807) is 4.90 Å². The number of carbonyl (C=O) groups is 2. The number of nitrogens with zero attached hydrogens (tertiary/aromatic N) is 2. The lowest BCUT2D eigenvalue weighted by atomic mass is 10.0. The van der Waals surface area contributed by atoms with Gasteiger partial charge < -0.3 is 10.0 Å². The van der Waals surface area contributed by atoms with E-state index >= 15 is 0 Å². The van der Waals surface area contributed by atoms with Crippen molar-refractivity contribution in [2.75, 3.05) is 20.1 Å². The lowest BCUT2D eigenvalue weighted by molar-refractivity contribution is -0.143. The van der Waals surface area contributed by atoms with Crippen LogP contribution in [0.1, 0.15) is 20.3 Å². The molecule has 1 heterocycles. The average molecular weight is 214 g/mol. The third kappa shape index (κ3) is 2.68. The first-order valence-electron chi connectivity index (χ1n) is 5.12. The van der Waals surface area contributed by atoms with Crippen LogP contribution in [0.25, 0.3) is 0 Å². The van der Waals surface area contributed by atoms with E-state index in [9.17, 15) is 9.59 Å². The van der Waals surface area contributed by atoms with Crippen molar-refractivity contribution in [3.63, 3.8) is 0 Å². The van der Waals surface area contributed by atoms with Crippen LogP contribution in [0.2, 0.25) is 0 Å². The van der Waals surface area contributed by atoms with E-state index in [1.165, 1.54) is 6.92 Å². The largest absolute Gasteiger partial charge is 0.481 e. The molecule has 0 spiro atoms. The van der Waals surface area contributed by atoms with Gasteiger partial charge in [0, 0.05) is 32.1 Å². The molecule has 0 aromatic carbocycles. The Balaban J connectivity index is 2.73. The molecule has 1 aliphatic rings. The summed E-state index contributed by atoms with van der Waals surface area (Å²) in [6.07, 6.45) is 0.0848. The summed E-state index contributed by atoms with van der Waals surface area (Å²) in [5.74, 6) is -0.796. The second-order valence-corrected chi connectivity index (χ2v) is 4.10. The quantitative estimate of drug-likeness (QED) is 0.703. The summed E-state index contributed by atoms with van der Waals surface area (Å²) in [6, 6.07) is -0.113. The Kier molecular flexibility index (Phi) is 3.68. The summed E-state index contributed by atoms with van der Waals surface area (Å²) >= 11 is 0. The zero-order valence-corrected chi connectivity index (χ0v) is 9.43. The molecule has 1 rings (SSSR count). The third-order valence-corrected chi connectivity index (χ3v) is 3.10. The maximum atomic E-state index is 11.3. The van der Waals surface area contributed by atoms with E-state index in [1.807, 2.05) is 18.9 Å². The predicted octanol–water partition coefficient (Wildman–Crippen LogP) is 0.0121. The van der Waals surface area contributed by atoms with Gasteiger partial charge in [0.2, 0.25) is 5.91 Å². The van der Waals surface area contributed by atoms with Gasteiger partial charge in [0.25, 0.3) is 0 Å². The van der Waals surface area contributed by atoms with E-state index in [-0.39, 0.29) is 24.4 Å². The molecule has 0 bridgehead atoms. The number of carboxylic acids is 1. The molecule has 1 N–H and O–H groups in total. The molecule has 86 valence electrons. The van der Waals surface area contributed by atoms with Crippen LogP contribution in [-0.2, 0) is 9.59 Å². The molecular weight excluding hydrogens is 196 g/mol. The van der Waals surface area contributed by atoms with Gasteiger partial charge in [0.15, 0.2) is 0 Å². The number of hydrogen-bond acceptors (Lipinski definition) is 3. The van der Waals surface area contributed by atoms with Gasteiger partial charge in [0.1, 0.15) is 0 Å². The first-order valence-corrected chi connectivity index (χ1v) is 5.12. The molecule has 0 radical (unpaired) electrons. The second kappa shape index (κ2) is 4.61. The summed E-state index contributed by atoms with van der Waals surface area (Å²) < 4.78 is 0. The van der Waals surface area contributed by atoms with Gasteiger partial charge in [-0.15, -0.1) is 0 Å². The van der Waals surface area contributed by atoms with Crippen molar-refractivity contribution < 1.29 is 14.7 Å². The van der Waals surface area contributed by atoms with Crippen LogP contribution >= 0.6 is 0 Å². The number of rotatable bonds is 2. The molecule has 1 aliphatic heterocycles. The van der Waals surface area contributed by atoms with Gasteiger partial charge in [-0.1, -0.05) is 0 Å². The van der Waals surface area contributed by atoms with Crippen molar-refractivity contribution >= 4 is 11.9 Å². The fourth-order valence-corrected chi connectivity index (χ4v) is 2.16. The Bertz CT molecular complexity index is 267. The number of piperazine rings is 1. The summed E-state index contributed by atoms with van der Waals surface area (Å²) in [6.45, 7) is 4.86. The monoisotopic (exact) mass is 214 g/mol. The van der Waals surface area contributed by atoms with E-state index in [0.717, 1.165) is 6.54 Å². The van der Waals surface area contributed by atoms with Crippen LogP contribution in [0.5, 0.6) is 0 Å². The Labute approximate surface area is 89.7 Å². The van der Waals surface area contributed by atoms with Crippen LogP contribution in [0, 0.1) is 0 Å². The highest BCUT2D eigenvalue weighted by molar-refractivity contribution is 5.74. The molecule has 0 aliphatic carbocycles. The fourth-order valence-electron chi connectivity index (χ4n) is 2.16. The first-order chi connectivity index (χ1) is 6.93. The smallest absolute Gasteiger partial charge is 0.305 e. The van der Waals surface area contributed by atoms with E-state index in [2.05, 4.69) is 0 Å². The van der Waals surface area contributed by atoms with Crippen molar-refractivity contribution in [2.24, 2.45) is 0 Å². The Hall–Kier alpha value is -1.10. The molecule has 0 saturated carbocycles. The lowest BCUT2D eigenvalue weighted by Gasteiger charge is -2.44. The number of likely N-dealkylation sites (N-methyl/N-ethyl adjacent to an activating group) is 1. The van der Waals surface area contributed by atoms with Gasteiger partial charge in [0.05, 0.1) is 6.42 Å². The molecular formula is C10H18N2O3. The molecule has 2 atom stereocenters. The van der Waals surface area contributed by atoms with E-state index in [0.29, 0.717) is 6.54 Å². The Morgan fingerprint density at radius 2 is 2.00 bits per heavy atom. The Morgan fingerprint density at radius 3 is 2.47 bits per heavy atom. The SMILES string of the molecule is CC(=O)N1CCN(C)[C@H](CC(=O)O)[C@H]1C. The number of aliphatic carboxylic acids is 1. The third-order valence-electron chi connectivity index (χ3n) is 3.10. The zero-order valence-electron chi connectivity index (χ0n) is 9.43. The molecule has 15 heavy (non-hydrogen) atoms. The van der Waals surface area contributed by atoms with Gasteiger partial charge in [-0.05, 0) is 14.0 Å². The van der Waals surface area contributed by atoms with E-state index < -0.39 is 5.97 Å². The van der Waals surface area contributed by atoms with Crippen molar-refractivity contribution in [1.82, 2.24) is 9.80 Å². The summed E-state index contributed by atoms with van der Waals surface area (Å²) in [5, 5.41) is 8.80. The van der Waals surface area contributed by atoms with Crippen molar-refractivity contribution in [3.8, 4) is 0 Å². The van der Waals surface area contributed by atoms with E-state index in [4.69, 9.17) is 5.11 Å².